The summed E-state index contributed by atoms with van der Waals surface area (Å²) in [4.78, 5) is 25.2. The molecule has 33 heavy (non-hydrogen) atoms. The van der Waals surface area contributed by atoms with Crippen molar-refractivity contribution in [3.05, 3.63) is 89.4 Å². The SMILES string of the molecule is CNCCNC(=O)C(Cc1ccccc1)NC(=O)Nc1ccc(Oc2ccc(Cl)cc2)cc1. The van der Waals surface area contributed by atoms with Crippen molar-refractivity contribution in [2.45, 2.75) is 12.5 Å². The zero-order valence-corrected chi connectivity index (χ0v) is 19.1. The number of urea groups is 1. The summed E-state index contributed by atoms with van der Waals surface area (Å²) < 4.78 is 5.76. The van der Waals surface area contributed by atoms with E-state index in [2.05, 4.69) is 21.3 Å². The van der Waals surface area contributed by atoms with Crippen LogP contribution in [0.5, 0.6) is 11.5 Å². The molecule has 0 saturated heterocycles. The van der Waals surface area contributed by atoms with Crippen LogP contribution in [0.15, 0.2) is 78.9 Å². The molecule has 0 aliphatic rings. The molecule has 0 bridgehead atoms. The van der Waals surface area contributed by atoms with Gasteiger partial charge in [-0.25, -0.2) is 4.79 Å². The van der Waals surface area contributed by atoms with Crippen molar-refractivity contribution in [3.8, 4) is 11.5 Å². The van der Waals surface area contributed by atoms with Crippen molar-refractivity contribution in [1.29, 1.82) is 0 Å². The lowest BCUT2D eigenvalue weighted by molar-refractivity contribution is -0.122. The van der Waals surface area contributed by atoms with Gasteiger partial charge in [0.2, 0.25) is 5.91 Å². The van der Waals surface area contributed by atoms with Crippen LogP contribution in [0.2, 0.25) is 5.02 Å². The number of amides is 3. The molecule has 0 saturated carbocycles. The Morgan fingerprint density at radius 1 is 0.879 bits per heavy atom. The largest absolute Gasteiger partial charge is 0.457 e. The second-order valence-corrected chi connectivity index (χ2v) is 7.75. The van der Waals surface area contributed by atoms with Crippen molar-refractivity contribution in [1.82, 2.24) is 16.0 Å². The Bertz CT molecular complexity index is 1030. The van der Waals surface area contributed by atoms with Crippen LogP contribution < -0.4 is 26.0 Å². The normalized spacial score (nSPS) is 11.3. The number of nitrogens with one attached hydrogen (secondary N) is 4. The third kappa shape index (κ3) is 8.14. The standard InChI is InChI=1S/C25H27ClN4O3/c1-27-15-16-28-24(31)23(17-18-5-3-2-4-6-18)30-25(32)29-20-9-13-22(14-10-20)33-21-11-7-19(26)8-12-21/h2-14,23,27H,15-17H2,1H3,(H,28,31)(H2,29,30,32). The van der Waals surface area contributed by atoms with Crippen LogP contribution in [0.4, 0.5) is 10.5 Å². The molecule has 0 aliphatic carbocycles. The third-order valence-corrected chi connectivity index (χ3v) is 4.99. The Morgan fingerprint density at radius 2 is 1.52 bits per heavy atom. The molecule has 0 radical (unpaired) electrons. The maximum absolute atomic E-state index is 12.6. The van der Waals surface area contributed by atoms with Gasteiger partial charge < -0.3 is 26.0 Å². The summed E-state index contributed by atoms with van der Waals surface area (Å²) in [5, 5.41) is 12.0. The third-order valence-electron chi connectivity index (χ3n) is 4.74. The van der Waals surface area contributed by atoms with Crippen LogP contribution in [-0.4, -0.2) is 38.1 Å². The van der Waals surface area contributed by atoms with E-state index in [4.69, 9.17) is 16.3 Å². The highest BCUT2D eigenvalue weighted by molar-refractivity contribution is 6.30. The number of halogens is 1. The van der Waals surface area contributed by atoms with Crippen LogP contribution in [0.25, 0.3) is 0 Å². The lowest BCUT2D eigenvalue weighted by Crippen LogP contribution is -2.50. The van der Waals surface area contributed by atoms with Crippen molar-refractivity contribution in [2.24, 2.45) is 0 Å². The molecule has 0 aromatic heterocycles. The Kier molecular flexibility index (Phi) is 9.11. The lowest BCUT2D eigenvalue weighted by Gasteiger charge is -2.19. The second-order valence-electron chi connectivity index (χ2n) is 7.32. The van der Waals surface area contributed by atoms with Crippen molar-refractivity contribution >= 4 is 29.2 Å². The van der Waals surface area contributed by atoms with Gasteiger partial charge in [0.05, 0.1) is 0 Å². The number of benzene rings is 3. The van der Waals surface area contributed by atoms with Gasteiger partial charge in [-0.1, -0.05) is 41.9 Å². The first-order valence-electron chi connectivity index (χ1n) is 10.6. The van der Waals surface area contributed by atoms with E-state index in [0.29, 0.717) is 41.7 Å². The van der Waals surface area contributed by atoms with Crippen LogP contribution >= 0.6 is 11.6 Å². The first-order chi connectivity index (χ1) is 16.0. The van der Waals surface area contributed by atoms with E-state index < -0.39 is 12.1 Å². The number of rotatable bonds is 10. The molecule has 3 amide bonds. The quantitative estimate of drug-likeness (QED) is 0.337. The molecular formula is C25H27ClN4O3. The molecule has 0 fully saturated rings. The highest BCUT2D eigenvalue weighted by Crippen LogP contribution is 2.24. The van der Waals surface area contributed by atoms with E-state index in [0.717, 1.165) is 5.56 Å². The maximum Gasteiger partial charge on any atom is 0.319 e. The fraction of sp³-hybridized carbons (Fsp3) is 0.200. The van der Waals surface area contributed by atoms with Gasteiger partial charge >= 0.3 is 6.03 Å². The average Bonchev–Trinajstić information content (AvgIpc) is 2.82. The van der Waals surface area contributed by atoms with E-state index in [9.17, 15) is 9.59 Å². The zero-order valence-electron chi connectivity index (χ0n) is 18.3. The molecule has 172 valence electrons. The number of likely N-dealkylation sites (N-methyl/N-ethyl adjacent to an activating group) is 1. The molecule has 1 unspecified atom stereocenters. The summed E-state index contributed by atoms with van der Waals surface area (Å²) >= 11 is 5.89. The predicted octanol–water partition coefficient (Wildman–Crippen LogP) is 4.20. The number of ether oxygens (including phenoxy) is 1. The first kappa shape index (κ1) is 24.1. The van der Waals surface area contributed by atoms with Gasteiger partial charge in [0, 0.05) is 30.2 Å². The predicted molar refractivity (Wildman–Crippen MR) is 131 cm³/mol. The molecule has 0 heterocycles. The molecule has 3 rings (SSSR count). The minimum absolute atomic E-state index is 0.240. The van der Waals surface area contributed by atoms with Gasteiger partial charge in [-0.3, -0.25) is 4.79 Å². The summed E-state index contributed by atoms with van der Waals surface area (Å²) in [7, 11) is 1.81. The first-order valence-corrected chi connectivity index (χ1v) is 11.0. The summed E-state index contributed by atoms with van der Waals surface area (Å²) in [6.45, 7) is 1.11. The van der Waals surface area contributed by atoms with E-state index in [-0.39, 0.29) is 5.91 Å². The van der Waals surface area contributed by atoms with Crippen LogP contribution in [0.1, 0.15) is 5.56 Å². The second kappa shape index (κ2) is 12.5. The smallest absolute Gasteiger partial charge is 0.319 e. The summed E-state index contributed by atoms with van der Waals surface area (Å²) in [6, 6.07) is 22.4. The van der Waals surface area contributed by atoms with Gasteiger partial charge in [0.1, 0.15) is 17.5 Å². The van der Waals surface area contributed by atoms with Gasteiger partial charge in [0.25, 0.3) is 0 Å². The topological polar surface area (TPSA) is 91.5 Å². The summed E-state index contributed by atoms with van der Waals surface area (Å²) in [5.74, 6) is 1.04. The maximum atomic E-state index is 12.6. The number of carbonyl (C=O) groups excluding carboxylic acids is 2. The van der Waals surface area contributed by atoms with Crippen molar-refractivity contribution in [2.75, 3.05) is 25.5 Å². The molecule has 0 spiro atoms. The number of carbonyl (C=O) groups is 2. The van der Waals surface area contributed by atoms with Crippen LogP contribution in [0.3, 0.4) is 0 Å². The van der Waals surface area contributed by atoms with E-state index >= 15 is 0 Å². The van der Waals surface area contributed by atoms with Crippen LogP contribution in [0, 0.1) is 0 Å². The Morgan fingerprint density at radius 3 is 2.15 bits per heavy atom. The number of anilines is 1. The van der Waals surface area contributed by atoms with Gasteiger partial charge in [-0.15, -0.1) is 0 Å². The molecule has 1 atom stereocenters. The molecule has 4 N–H and O–H groups in total. The van der Waals surface area contributed by atoms with Crippen molar-refractivity contribution in [3.63, 3.8) is 0 Å². The number of hydrogen-bond donors (Lipinski definition) is 4. The van der Waals surface area contributed by atoms with Gasteiger partial charge in [-0.05, 0) is 61.1 Å². The molecule has 8 heteroatoms. The number of hydrogen-bond acceptors (Lipinski definition) is 4. The Balaban J connectivity index is 1.58. The van der Waals surface area contributed by atoms with Gasteiger partial charge in [-0.2, -0.15) is 0 Å². The molecule has 7 nitrogen and oxygen atoms in total. The lowest BCUT2D eigenvalue weighted by atomic mass is 10.1. The highest BCUT2D eigenvalue weighted by Gasteiger charge is 2.21. The van der Waals surface area contributed by atoms with Gasteiger partial charge in [0.15, 0.2) is 0 Å². The molecule has 0 aliphatic heterocycles. The minimum Gasteiger partial charge on any atom is -0.457 e. The molecule has 3 aromatic rings. The highest BCUT2D eigenvalue weighted by atomic mass is 35.5. The Hall–Kier alpha value is -3.55. The minimum atomic E-state index is -0.711. The molecular weight excluding hydrogens is 440 g/mol. The monoisotopic (exact) mass is 466 g/mol. The van der Waals surface area contributed by atoms with E-state index in [1.165, 1.54) is 0 Å². The zero-order chi connectivity index (χ0) is 23.5. The van der Waals surface area contributed by atoms with E-state index in [1.807, 2.05) is 37.4 Å². The molecule has 3 aromatic carbocycles. The van der Waals surface area contributed by atoms with Crippen molar-refractivity contribution < 1.29 is 14.3 Å². The summed E-state index contributed by atoms with van der Waals surface area (Å²) in [6.07, 6.45) is 0.382. The fourth-order valence-electron chi connectivity index (χ4n) is 3.06. The van der Waals surface area contributed by atoms with Crippen LogP contribution in [-0.2, 0) is 11.2 Å². The average molecular weight is 467 g/mol. The van der Waals surface area contributed by atoms with E-state index in [1.54, 1.807) is 48.5 Å². The fourth-order valence-corrected chi connectivity index (χ4v) is 3.19. The summed E-state index contributed by atoms with van der Waals surface area (Å²) in [5.41, 5.74) is 1.53. The Labute approximate surface area is 198 Å².